The number of rotatable bonds is 8. The van der Waals surface area contributed by atoms with Gasteiger partial charge in [-0.25, -0.2) is 16.8 Å². The summed E-state index contributed by atoms with van der Waals surface area (Å²) in [6.45, 7) is 4.90. The molecule has 0 bridgehead atoms. The largest absolute Gasteiger partial charge is 0.380 e. The Hall–Kier alpha value is -0.670. The topological polar surface area (TPSA) is 80.8 Å². The summed E-state index contributed by atoms with van der Waals surface area (Å²) in [4.78, 5) is -0.120. The molecule has 21 heavy (non-hydrogen) atoms. The zero-order chi connectivity index (χ0) is 16.1. The van der Waals surface area contributed by atoms with Crippen LogP contribution in [0.25, 0.3) is 0 Å². The zero-order valence-electron chi connectivity index (χ0n) is 11.8. The zero-order valence-corrected chi connectivity index (χ0v) is 14.2. The van der Waals surface area contributed by atoms with Crippen molar-refractivity contribution in [3.8, 4) is 0 Å². The lowest BCUT2D eigenvalue weighted by Crippen LogP contribution is -2.33. The summed E-state index contributed by atoms with van der Waals surface area (Å²) < 4.78 is 53.5. The van der Waals surface area contributed by atoms with Crippen LogP contribution < -0.4 is 0 Å². The Bertz CT molecular complexity index is 655. The smallest absolute Gasteiger partial charge is 0.261 e. The SMILES string of the molecule is CCOCCN(CC)S(=O)(=O)c1ccc(S(=O)(=O)Cl)cc1. The summed E-state index contributed by atoms with van der Waals surface area (Å²) in [6.07, 6.45) is 0. The summed E-state index contributed by atoms with van der Waals surface area (Å²) >= 11 is 0. The molecule has 0 atom stereocenters. The van der Waals surface area contributed by atoms with Crippen molar-refractivity contribution in [1.82, 2.24) is 4.31 Å². The lowest BCUT2D eigenvalue weighted by atomic mass is 10.4. The second kappa shape index (κ2) is 7.55. The fraction of sp³-hybridized carbons (Fsp3) is 0.500. The van der Waals surface area contributed by atoms with Crippen LogP contribution in [0.3, 0.4) is 0 Å². The summed E-state index contributed by atoms with van der Waals surface area (Å²) in [5.74, 6) is 0. The number of nitrogens with zero attached hydrogens (tertiary/aromatic N) is 1. The molecule has 9 heteroatoms. The van der Waals surface area contributed by atoms with E-state index >= 15 is 0 Å². The first kappa shape index (κ1) is 18.4. The molecule has 0 aromatic heterocycles. The van der Waals surface area contributed by atoms with E-state index in [1.807, 2.05) is 6.92 Å². The van der Waals surface area contributed by atoms with Crippen molar-refractivity contribution in [3.63, 3.8) is 0 Å². The van der Waals surface area contributed by atoms with Gasteiger partial charge in [-0.15, -0.1) is 0 Å². The Morgan fingerprint density at radius 3 is 2.00 bits per heavy atom. The lowest BCUT2D eigenvalue weighted by Gasteiger charge is -2.20. The number of likely N-dealkylation sites (N-methyl/N-ethyl adjacent to an activating group) is 1. The lowest BCUT2D eigenvalue weighted by molar-refractivity contribution is 0.135. The fourth-order valence-electron chi connectivity index (χ4n) is 1.68. The molecule has 0 saturated heterocycles. The van der Waals surface area contributed by atoms with Crippen molar-refractivity contribution in [2.24, 2.45) is 0 Å². The molecule has 0 heterocycles. The van der Waals surface area contributed by atoms with Crippen LogP contribution in [0.15, 0.2) is 34.1 Å². The minimum absolute atomic E-state index is 0.0184. The van der Waals surface area contributed by atoms with E-state index in [0.717, 1.165) is 0 Å². The van der Waals surface area contributed by atoms with Crippen molar-refractivity contribution >= 4 is 29.8 Å². The van der Waals surface area contributed by atoms with Crippen molar-refractivity contribution in [3.05, 3.63) is 24.3 Å². The Labute approximate surface area is 130 Å². The number of sulfonamides is 1. The van der Waals surface area contributed by atoms with Gasteiger partial charge in [0.05, 0.1) is 16.4 Å². The first-order valence-corrected chi connectivity index (χ1v) is 10.1. The number of ether oxygens (including phenoxy) is 1. The Morgan fingerprint density at radius 1 is 1.05 bits per heavy atom. The molecule has 0 amide bonds. The molecular formula is C12H18ClNO5S2. The van der Waals surface area contributed by atoms with Gasteiger partial charge in [0.2, 0.25) is 10.0 Å². The van der Waals surface area contributed by atoms with Gasteiger partial charge in [0.1, 0.15) is 0 Å². The van der Waals surface area contributed by atoms with Crippen molar-refractivity contribution in [2.75, 3.05) is 26.3 Å². The third kappa shape index (κ3) is 4.93. The standard InChI is InChI=1S/C12H18ClNO5S2/c1-3-14(9-10-19-4-2)21(17,18)12-7-5-11(6-8-12)20(13,15)16/h5-8H,3-4,9-10H2,1-2H3. The average Bonchev–Trinajstić information content (AvgIpc) is 2.42. The van der Waals surface area contributed by atoms with E-state index in [-0.39, 0.29) is 16.3 Å². The van der Waals surface area contributed by atoms with E-state index < -0.39 is 19.1 Å². The van der Waals surface area contributed by atoms with Crippen molar-refractivity contribution in [1.29, 1.82) is 0 Å². The van der Waals surface area contributed by atoms with Gasteiger partial charge in [0, 0.05) is 30.4 Å². The second-order valence-electron chi connectivity index (χ2n) is 4.10. The summed E-state index contributed by atoms with van der Waals surface area (Å²) in [5, 5.41) is 0. The van der Waals surface area contributed by atoms with E-state index in [2.05, 4.69) is 0 Å². The highest BCUT2D eigenvalue weighted by atomic mass is 35.7. The quantitative estimate of drug-likeness (QED) is 0.523. The Balaban J connectivity index is 3.00. The summed E-state index contributed by atoms with van der Waals surface area (Å²) in [7, 11) is -2.35. The molecule has 0 aliphatic heterocycles. The molecule has 120 valence electrons. The minimum Gasteiger partial charge on any atom is -0.380 e. The minimum atomic E-state index is -3.86. The molecule has 0 radical (unpaired) electrons. The van der Waals surface area contributed by atoms with Gasteiger partial charge < -0.3 is 4.74 Å². The van der Waals surface area contributed by atoms with Crippen LogP contribution in [0.5, 0.6) is 0 Å². The van der Waals surface area contributed by atoms with E-state index in [9.17, 15) is 16.8 Å². The van der Waals surface area contributed by atoms with Crippen LogP contribution >= 0.6 is 10.7 Å². The maximum Gasteiger partial charge on any atom is 0.261 e. The van der Waals surface area contributed by atoms with Gasteiger partial charge in [-0.05, 0) is 31.2 Å². The average molecular weight is 356 g/mol. The first-order valence-electron chi connectivity index (χ1n) is 6.36. The third-order valence-corrected chi connectivity index (χ3v) is 6.14. The Morgan fingerprint density at radius 2 is 1.57 bits per heavy atom. The molecule has 1 aromatic rings. The van der Waals surface area contributed by atoms with Gasteiger partial charge in [-0.3, -0.25) is 0 Å². The summed E-state index contributed by atoms with van der Waals surface area (Å²) in [5.41, 5.74) is 0. The van der Waals surface area contributed by atoms with E-state index in [1.165, 1.54) is 28.6 Å². The Kier molecular flexibility index (Phi) is 6.61. The number of halogens is 1. The van der Waals surface area contributed by atoms with Crippen LogP contribution in [0.2, 0.25) is 0 Å². The van der Waals surface area contributed by atoms with Crippen molar-refractivity contribution < 1.29 is 21.6 Å². The molecule has 0 spiro atoms. The van der Waals surface area contributed by atoms with Crippen LogP contribution in [0.1, 0.15) is 13.8 Å². The molecule has 0 N–H and O–H groups in total. The normalized spacial score (nSPS) is 12.8. The molecule has 0 unspecified atom stereocenters. The van der Waals surface area contributed by atoms with Crippen LogP contribution in [-0.4, -0.2) is 47.4 Å². The predicted molar refractivity (Wildman–Crippen MR) is 80.4 cm³/mol. The highest BCUT2D eigenvalue weighted by Gasteiger charge is 2.23. The fourth-order valence-corrected chi connectivity index (χ4v) is 3.88. The van der Waals surface area contributed by atoms with E-state index in [1.54, 1.807) is 6.92 Å². The monoisotopic (exact) mass is 355 g/mol. The number of benzene rings is 1. The van der Waals surface area contributed by atoms with Gasteiger partial charge in [-0.2, -0.15) is 4.31 Å². The van der Waals surface area contributed by atoms with Crippen molar-refractivity contribution in [2.45, 2.75) is 23.6 Å². The van der Waals surface area contributed by atoms with Crippen LogP contribution in [0, 0.1) is 0 Å². The maximum absolute atomic E-state index is 12.4. The molecular weight excluding hydrogens is 338 g/mol. The van der Waals surface area contributed by atoms with Gasteiger partial charge in [-0.1, -0.05) is 6.92 Å². The number of hydrogen-bond donors (Lipinski definition) is 0. The molecule has 6 nitrogen and oxygen atoms in total. The van der Waals surface area contributed by atoms with E-state index in [0.29, 0.717) is 19.8 Å². The van der Waals surface area contributed by atoms with Crippen LogP contribution in [0.4, 0.5) is 0 Å². The highest BCUT2D eigenvalue weighted by molar-refractivity contribution is 8.13. The molecule has 0 fully saturated rings. The van der Waals surface area contributed by atoms with Gasteiger partial charge in [0.25, 0.3) is 9.05 Å². The van der Waals surface area contributed by atoms with Crippen LogP contribution in [-0.2, 0) is 23.8 Å². The molecule has 0 saturated carbocycles. The second-order valence-corrected chi connectivity index (χ2v) is 8.61. The molecule has 1 aromatic carbocycles. The summed E-state index contributed by atoms with van der Waals surface area (Å²) in [6, 6.07) is 4.80. The van der Waals surface area contributed by atoms with E-state index in [4.69, 9.17) is 15.4 Å². The van der Waals surface area contributed by atoms with Gasteiger partial charge in [0.15, 0.2) is 0 Å². The third-order valence-electron chi connectivity index (χ3n) is 2.78. The predicted octanol–water partition coefficient (Wildman–Crippen LogP) is 1.66. The maximum atomic E-state index is 12.4. The molecule has 0 aliphatic carbocycles. The molecule has 1 rings (SSSR count). The van der Waals surface area contributed by atoms with Gasteiger partial charge >= 0.3 is 0 Å². The first-order chi connectivity index (χ1) is 9.73. The highest BCUT2D eigenvalue weighted by Crippen LogP contribution is 2.20. The number of hydrogen-bond acceptors (Lipinski definition) is 5. The molecule has 0 aliphatic rings.